The summed E-state index contributed by atoms with van der Waals surface area (Å²) in [6.07, 6.45) is 0.750. The van der Waals surface area contributed by atoms with Gasteiger partial charge in [0.1, 0.15) is 0 Å². The molecule has 2 aromatic carbocycles. The van der Waals surface area contributed by atoms with Crippen LogP contribution in [0.25, 0.3) is 0 Å². The summed E-state index contributed by atoms with van der Waals surface area (Å²) in [5, 5.41) is 0. The van der Waals surface area contributed by atoms with Crippen LogP contribution in [0.5, 0.6) is 0 Å². The molecule has 0 fully saturated rings. The lowest BCUT2D eigenvalue weighted by molar-refractivity contribution is -0.129. The van der Waals surface area contributed by atoms with E-state index in [1.165, 1.54) is 6.92 Å². The van der Waals surface area contributed by atoms with Gasteiger partial charge in [0.2, 0.25) is 5.91 Å². The molecule has 5 nitrogen and oxygen atoms in total. The van der Waals surface area contributed by atoms with E-state index in [1.54, 1.807) is 29.2 Å². The largest absolute Gasteiger partial charge is 0.338 e. The molecule has 1 aliphatic heterocycles. The van der Waals surface area contributed by atoms with Gasteiger partial charge in [0.25, 0.3) is 10.0 Å². The molecule has 0 unspecified atom stereocenters. The summed E-state index contributed by atoms with van der Waals surface area (Å²) in [5.74, 6) is 0.00673. The van der Waals surface area contributed by atoms with E-state index >= 15 is 0 Å². The lowest BCUT2D eigenvalue weighted by Gasteiger charge is -2.28. The van der Waals surface area contributed by atoms with Gasteiger partial charge in [0, 0.05) is 25.7 Å². The number of amides is 1. The zero-order valence-corrected chi connectivity index (χ0v) is 15.5. The first-order valence-corrected chi connectivity index (χ1v) is 9.71. The van der Waals surface area contributed by atoms with Crippen molar-refractivity contribution < 1.29 is 13.2 Å². The topological polar surface area (TPSA) is 66.5 Å². The maximum absolute atomic E-state index is 12.7. The van der Waals surface area contributed by atoms with Gasteiger partial charge in [0.15, 0.2) is 0 Å². The highest BCUT2D eigenvalue weighted by Gasteiger charge is 2.21. The van der Waals surface area contributed by atoms with Crippen LogP contribution in [0.1, 0.15) is 29.2 Å². The monoisotopic (exact) mass is 358 g/mol. The third-order valence-corrected chi connectivity index (χ3v) is 5.80. The number of fused-ring (bicyclic) bond motifs is 1. The van der Waals surface area contributed by atoms with Crippen molar-refractivity contribution in [2.45, 2.75) is 38.6 Å². The van der Waals surface area contributed by atoms with E-state index in [2.05, 4.69) is 4.72 Å². The van der Waals surface area contributed by atoms with Crippen LogP contribution in [0.2, 0.25) is 0 Å². The predicted octanol–water partition coefficient (Wildman–Crippen LogP) is 3.01. The van der Waals surface area contributed by atoms with Crippen LogP contribution in [-0.4, -0.2) is 25.8 Å². The summed E-state index contributed by atoms with van der Waals surface area (Å²) in [6, 6.07) is 10.8. The quantitative estimate of drug-likeness (QED) is 0.917. The Morgan fingerprint density at radius 2 is 1.72 bits per heavy atom. The Hall–Kier alpha value is -2.34. The van der Waals surface area contributed by atoms with Crippen molar-refractivity contribution in [2.75, 3.05) is 11.3 Å². The molecular formula is C19H22N2O3S. The van der Waals surface area contributed by atoms with Crippen molar-refractivity contribution in [1.82, 2.24) is 4.90 Å². The molecule has 2 aromatic rings. The molecule has 1 aliphatic rings. The maximum atomic E-state index is 12.7. The molecule has 1 N–H and O–H groups in total. The highest BCUT2D eigenvalue weighted by Crippen LogP contribution is 2.24. The van der Waals surface area contributed by atoms with Crippen LogP contribution >= 0.6 is 0 Å². The van der Waals surface area contributed by atoms with Gasteiger partial charge in [0.05, 0.1) is 4.90 Å². The number of benzene rings is 2. The third kappa shape index (κ3) is 3.85. The fourth-order valence-corrected chi connectivity index (χ4v) is 4.31. The van der Waals surface area contributed by atoms with Crippen LogP contribution in [-0.2, 0) is 27.8 Å². The first-order chi connectivity index (χ1) is 11.7. The van der Waals surface area contributed by atoms with E-state index in [9.17, 15) is 13.2 Å². The van der Waals surface area contributed by atoms with Crippen LogP contribution in [0, 0.1) is 13.8 Å². The second-order valence-electron chi connectivity index (χ2n) is 6.60. The molecule has 3 rings (SSSR count). The lowest BCUT2D eigenvalue weighted by atomic mass is 10.00. The molecule has 0 atom stereocenters. The van der Waals surface area contributed by atoms with Crippen molar-refractivity contribution in [3.63, 3.8) is 0 Å². The van der Waals surface area contributed by atoms with E-state index in [4.69, 9.17) is 0 Å². The average Bonchev–Trinajstić information content (AvgIpc) is 2.52. The number of aryl methyl sites for hydroxylation is 2. The molecular weight excluding hydrogens is 336 g/mol. The molecule has 132 valence electrons. The Labute approximate surface area is 148 Å². The SMILES string of the molecule is CC(=O)N1CCc2ccc(S(=O)(=O)Nc3cc(C)cc(C)c3)cc2C1. The second kappa shape index (κ2) is 6.52. The molecule has 0 aliphatic carbocycles. The number of hydrogen-bond acceptors (Lipinski definition) is 3. The Morgan fingerprint density at radius 3 is 2.36 bits per heavy atom. The van der Waals surface area contributed by atoms with Gasteiger partial charge >= 0.3 is 0 Å². The molecule has 0 radical (unpaired) electrons. The summed E-state index contributed by atoms with van der Waals surface area (Å²) >= 11 is 0. The zero-order chi connectivity index (χ0) is 18.2. The lowest BCUT2D eigenvalue weighted by Crippen LogP contribution is -2.34. The number of hydrogen-bond donors (Lipinski definition) is 1. The number of sulfonamides is 1. The summed E-state index contributed by atoms with van der Waals surface area (Å²) in [7, 11) is -3.67. The summed E-state index contributed by atoms with van der Waals surface area (Å²) in [6.45, 7) is 6.53. The Balaban J connectivity index is 1.90. The van der Waals surface area contributed by atoms with E-state index in [0.29, 0.717) is 18.8 Å². The minimum Gasteiger partial charge on any atom is -0.338 e. The van der Waals surface area contributed by atoms with Gasteiger partial charge in [-0.1, -0.05) is 12.1 Å². The van der Waals surface area contributed by atoms with E-state index in [1.807, 2.05) is 26.0 Å². The van der Waals surface area contributed by atoms with Crippen LogP contribution in [0.4, 0.5) is 5.69 Å². The zero-order valence-electron chi connectivity index (χ0n) is 14.7. The average molecular weight is 358 g/mol. The van der Waals surface area contributed by atoms with E-state index < -0.39 is 10.0 Å². The minimum absolute atomic E-state index is 0.00673. The van der Waals surface area contributed by atoms with Gasteiger partial charge in [-0.15, -0.1) is 0 Å². The number of carbonyl (C=O) groups excluding carboxylic acids is 1. The number of anilines is 1. The van der Waals surface area contributed by atoms with Crippen LogP contribution in [0.15, 0.2) is 41.3 Å². The number of carbonyl (C=O) groups is 1. The highest BCUT2D eigenvalue weighted by atomic mass is 32.2. The summed E-state index contributed by atoms with van der Waals surface area (Å²) in [5.41, 5.74) is 4.55. The van der Waals surface area contributed by atoms with Crippen molar-refractivity contribution >= 4 is 21.6 Å². The standard InChI is InChI=1S/C19H22N2O3S/c1-13-8-14(2)10-18(9-13)20-25(23,24)19-5-4-16-6-7-21(15(3)22)12-17(16)11-19/h4-5,8-11,20H,6-7,12H2,1-3H3. The molecule has 1 heterocycles. The van der Waals surface area contributed by atoms with Crippen LogP contribution in [0.3, 0.4) is 0 Å². The molecule has 0 saturated heterocycles. The van der Waals surface area contributed by atoms with Gasteiger partial charge in [-0.3, -0.25) is 9.52 Å². The Morgan fingerprint density at radius 1 is 1.04 bits per heavy atom. The number of rotatable bonds is 3. The fraction of sp³-hybridized carbons (Fsp3) is 0.316. The minimum atomic E-state index is -3.67. The van der Waals surface area contributed by atoms with Crippen molar-refractivity contribution in [2.24, 2.45) is 0 Å². The predicted molar refractivity (Wildman–Crippen MR) is 98.0 cm³/mol. The third-order valence-electron chi connectivity index (χ3n) is 4.42. The van der Waals surface area contributed by atoms with Gasteiger partial charge in [-0.05, 0) is 66.8 Å². The molecule has 1 amide bonds. The maximum Gasteiger partial charge on any atom is 0.261 e. The first-order valence-electron chi connectivity index (χ1n) is 8.23. The van der Waals surface area contributed by atoms with Crippen molar-refractivity contribution in [1.29, 1.82) is 0 Å². The number of nitrogens with zero attached hydrogens (tertiary/aromatic N) is 1. The van der Waals surface area contributed by atoms with E-state index in [-0.39, 0.29) is 10.8 Å². The molecule has 6 heteroatoms. The molecule has 0 spiro atoms. The van der Waals surface area contributed by atoms with Crippen LogP contribution < -0.4 is 4.72 Å². The highest BCUT2D eigenvalue weighted by molar-refractivity contribution is 7.92. The molecule has 0 bridgehead atoms. The van der Waals surface area contributed by atoms with Gasteiger partial charge in [-0.25, -0.2) is 8.42 Å². The van der Waals surface area contributed by atoms with E-state index in [0.717, 1.165) is 28.7 Å². The molecule has 0 saturated carbocycles. The normalized spacial score (nSPS) is 14.1. The Bertz CT molecular complexity index is 915. The molecule has 0 aromatic heterocycles. The summed E-state index contributed by atoms with van der Waals surface area (Å²) in [4.78, 5) is 13.5. The summed E-state index contributed by atoms with van der Waals surface area (Å²) < 4.78 is 28.1. The fourth-order valence-electron chi connectivity index (χ4n) is 3.22. The van der Waals surface area contributed by atoms with Gasteiger partial charge in [-0.2, -0.15) is 0 Å². The number of nitrogens with one attached hydrogen (secondary N) is 1. The van der Waals surface area contributed by atoms with Gasteiger partial charge < -0.3 is 4.90 Å². The van der Waals surface area contributed by atoms with Crippen molar-refractivity contribution in [3.05, 3.63) is 58.7 Å². The smallest absolute Gasteiger partial charge is 0.261 e. The second-order valence-corrected chi connectivity index (χ2v) is 8.29. The Kier molecular flexibility index (Phi) is 4.56. The molecule has 25 heavy (non-hydrogen) atoms. The first kappa shape index (κ1) is 17.5. The van der Waals surface area contributed by atoms with Crippen molar-refractivity contribution in [3.8, 4) is 0 Å².